The van der Waals surface area contributed by atoms with Crippen LogP contribution >= 0.6 is 0 Å². The number of benzene rings is 3. The summed E-state index contributed by atoms with van der Waals surface area (Å²) in [5.74, 6) is -0.631. The fourth-order valence-electron chi connectivity index (χ4n) is 2.69. The number of nitro groups is 3. The van der Waals surface area contributed by atoms with Gasteiger partial charge in [0.15, 0.2) is 0 Å². The second-order valence-electron chi connectivity index (χ2n) is 6.05. The molecule has 0 atom stereocenters. The maximum absolute atomic E-state index is 12.6. The highest BCUT2D eigenvalue weighted by molar-refractivity contribution is 6.06. The molecule has 0 aliphatic carbocycles. The zero-order valence-electron chi connectivity index (χ0n) is 15.1. The van der Waals surface area contributed by atoms with Crippen LogP contribution in [0, 0.1) is 30.3 Å². The molecule has 1 N–H and O–H groups in total. The topological polar surface area (TPSA) is 159 Å². The van der Waals surface area contributed by atoms with Crippen molar-refractivity contribution < 1.29 is 19.6 Å². The van der Waals surface area contributed by atoms with Crippen LogP contribution in [0.4, 0.5) is 22.7 Å². The van der Waals surface area contributed by atoms with Crippen molar-refractivity contribution in [3.63, 3.8) is 0 Å². The summed E-state index contributed by atoms with van der Waals surface area (Å²) in [6, 6.07) is 14.2. The van der Waals surface area contributed by atoms with Crippen LogP contribution in [0.1, 0.15) is 10.4 Å². The second kappa shape index (κ2) is 8.14. The Hall–Kier alpha value is -4.67. The lowest BCUT2D eigenvalue weighted by atomic mass is 10.0. The molecule has 0 aliphatic rings. The first-order chi connectivity index (χ1) is 14.3. The molecule has 0 spiro atoms. The Bertz CT molecular complexity index is 1160. The summed E-state index contributed by atoms with van der Waals surface area (Å²) in [7, 11) is 0. The largest absolute Gasteiger partial charge is 0.321 e. The molecule has 0 saturated carbocycles. The van der Waals surface area contributed by atoms with E-state index in [-0.39, 0.29) is 28.3 Å². The van der Waals surface area contributed by atoms with Gasteiger partial charge in [-0.1, -0.05) is 0 Å². The Balaban J connectivity index is 1.97. The number of non-ortho nitro benzene ring substituents is 3. The number of hydrogen-bond donors (Lipinski definition) is 1. The molecule has 0 radical (unpaired) electrons. The molecule has 150 valence electrons. The predicted octanol–water partition coefficient (Wildman–Crippen LogP) is 4.33. The van der Waals surface area contributed by atoms with E-state index >= 15 is 0 Å². The number of amides is 1. The second-order valence-corrected chi connectivity index (χ2v) is 6.05. The minimum atomic E-state index is -0.631. The van der Waals surface area contributed by atoms with E-state index in [1.54, 1.807) is 0 Å². The monoisotopic (exact) mass is 408 g/mol. The number of carbonyl (C=O) groups excluding carboxylic acids is 1. The van der Waals surface area contributed by atoms with Crippen molar-refractivity contribution in [2.24, 2.45) is 0 Å². The van der Waals surface area contributed by atoms with Gasteiger partial charge in [-0.3, -0.25) is 35.1 Å². The fraction of sp³-hybridized carbons (Fsp3) is 0. The van der Waals surface area contributed by atoms with Crippen molar-refractivity contribution in [3.8, 4) is 11.1 Å². The molecule has 3 aromatic rings. The van der Waals surface area contributed by atoms with Gasteiger partial charge in [0.05, 0.1) is 20.5 Å². The highest BCUT2D eigenvalue weighted by Crippen LogP contribution is 2.33. The zero-order valence-corrected chi connectivity index (χ0v) is 15.1. The molecule has 11 heteroatoms. The van der Waals surface area contributed by atoms with Gasteiger partial charge in [0.25, 0.3) is 23.0 Å². The number of hydrogen-bond acceptors (Lipinski definition) is 7. The molecule has 3 rings (SSSR count). The molecule has 11 nitrogen and oxygen atoms in total. The summed E-state index contributed by atoms with van der Waals surface area (Å²) in [5.41, 5.74) is 0.550. The van der Waals surface area contributed by atoms with Crippen molar-refractivity contribution in [2.75, 3.05) is 5.32 Å². The van der Waals surface area contributed by atoms with Crippen molar-refractivity contribution >= 4 is 28.7 Å². The van der Waals surface area contributed by atoms with Crippen LogP contribution in [0.15, 0.2) is 66.7 Å². The minimum Gasteiger partial charge on any atom is -0.321 e. The minimum absolute atomic E-state index is 0.112. The molecule has 0 heterocycles. The summed E-state index contributed by atoms with van der Waals surface area (Å²) < 4.78 is 0. The molecule has 1 amide bonds. The Morgan fingerprint density at radius 2 is 1.13 bits per heavy atom. The highest BCUT2D eigenvalue weighted by atomic mass is 16.6. The third-order valence-electron chi connectivity index (χ3n) is 4.19. The van der Waals surface area contributed by atoms with E-state index in [4.69, 9.17) is 0 Å². The summed E-state index contributed by atoms with van der Waals surface area (Å²) >= 11 is 0. The van der Waals surface area contributed by atoms with Gasteiger partial charge in [0.1, 0.15) is 0 Å². The Morgan fingerprint density at radius 3 is 1.63 bits per heavy atom. The lowest BCUT2D eigenvalue weighted by Gasteiger charge is -2.11. The van der Waals surface area contributed by atoms with Gasteiger partial charge in [-0.2, -0.15) is 0 Å². The van der Waals surface area contributed by atoms with Crippen LogP contribution in [0.25, 0.3) is 11.1 Å². The normalized spacial score (nSPS) is 10.3. The van der Waals surface area contributed by atoms with Crippen LogP contribution in [0.2, 0.25) is 0 Å². The quantitative estimate of drug-likeness (QED) is 0.469. The number of nitrogens with one attached hydrogen (secondary N) is 1. The zero-order chi connectivity index (χ0) is 21.8. The first-order valence-corrected chi connectivity index (χ1v) is 8.35. The van der Waals surface area contributed by atoms with Gasteiger partial charge >= 0.3 is 0 Å². The summed E-state index contributed by atoms with van der Waals surface area (Å²) in [5, 5.41) is 35.3. The van der Waals surface area contributed by atoms with Crippen molar-refractivity contribution in [2.45, 2.75) is 0 Å². The van der Waals surface area contributed by atoms with Gasteiger partial charge in [-0.25, -0.2) is 0 Å². The number of rotatable bonds is 6. The molecule has 0 unspecified atom stereocenters. The standard InChI is InChI=1S/C19H12N4O7/c24-19(13-3-7-15(8-4-13)22(27)28)20-18-11-16(23(29)30)9-10-17(18)12-1-5-14(6-2-12)21(25)26/h1-11H,(H,20,24). The van der Waals surface area contributed by atoms with E-state index in [1.165, 1.54) is 66.7 Å². The van der Waals surface area contributed by atoms with Gasteiger partial charge < -0.3 is 5.32 Å². The van der Waals surface area contributed by atoms with Crippen LogP contribution in [0.3, 0.4) is 0 Å². The molecule has 0 aliphatic heterocycles. The van der Waals surface area contributed by atoms with Gasteiger partial charge in [0.2, 0.25) is 0 Å². The SMILES string of the molecule is O=C(Nc1cc([N+](=O)[O-])ccc1-c1ccc([N+](=O)[O-])cc1)c1ccc([N+](=O)[O-])cc1. The number of anilines is 1. The molecular formula is C19H12N4O7. The maximum atomic E-state index is 12.6. The van der Waals surface area contributed by atoms with Crippen molar-refractivity contribution in [1.29, 1.82) is 0 Å². The molecule has 3 aromatic carbocycles. The lowest BCUT2D eigenvalue weighted by molar-refractivity contribution is -0.385. The Kier molecular flexibility index (Phi) is 5.45. The smallest absolute Gasteiger partial charge is 0.271 e. The van der Waals surface area contributed by atoms with Crippen LogP contribution in [-0.4, -0.2) is 20.7 Å². The third kappa shape index (κ3) is 4.25. The van der Waals surface area contributed by atoms with Crippen molar-refractivity contribution in [3.05, 3.63) is 103 Å². The molecule has 0 aromatic heterocycles. The highest BCUT2D eigenvalue weighted by Gasteiger charge is 2.17. The molecule has 0 fully saturated rings. The molecule has 0 bridgehead atoms. The Morgan fingerprint density at radius 1 is 0.667 bits per heavy atom. The first kappa shape index (κ1) is 20.1. The summed E-state index contributed by atoms with van der Waals surface area (Å²) in [6.45, 7) is 0. The number of nitrogens with zero attached hydrogens (tertiary/aromatic N) is 3. The molecule has 30 heavy (non-hydrogen) atoms. The van der Waals surface area contributed by atoms with Crippen LogP contribution < -0.4 is 5.32 Å². The number of carbonyl (C=O) groups is 1. The van der Waals surface area contributed by atoms with Crippen LogP contribution in [0.5, 0.6) is 0 Å². The number of nitro benzene ring substituents is 3. The average molecular weight is 408 g/mol. The maximum Gasteiger partial charge on any atom is 0.271 e. The van der Waals surface area contributed by atoms with E-state index in [0.29, 0.717) is 11.1 Å². The van der Waals surface area contributed by atoms with Crippen LogP contribution in [-0.2, 0) is 0 Å². The fourth-order valence-corrected chi connectivity index (χ4v) is 2.69. The molecular weight excluding hydrogens is 396 g/mol. The predicted molar refractivity (Wildman–Crippen MR) is 106 cm³/mol. The van der Waals surface area contributed by atoms with Gasteiger partial charge in [-0.05, 0) is 35.9 Å². The third-order valence-corrected chi connectivity index (χ3v) is 4.19. The van der Waals surface area contributed by atoms with E-state index in [0.717, 1.165) is 0 Å². The lowest BCUT2D eigenvalue weighted by Crippen LogP contribution is -2.13. The summed E-state index contributed by atoms with van der Waals surface area (Å²) in [6.07, 6.45) is 0. The van der Waals surface area contributed by atoms with Gasteiger partial charge in [-0.15, -0.1) is 0 Å². The average Bonchev–Trinajstić information content (AvgIpc) is 2.73. The van der Waals surface area contributed by atoms with E-state index < -0.39 is 20.7 Å². The van der Waals surface area contributed by atoms with Gasteiger partial charge in [0, 0.05) is 47.5 Å². The first-order valence-electron chi connectivity index (χ1n) is 8.35. The van der Waals surface area contributed by atoms with E-state index in [1.807, 2.05) is 0 Å². The van der Waals surface area contributed by atoms with E-state index in [2.05, 4.69) is 5.32 Å². The van der Waals surface area contributed by atoms with Crippen molar-refractivity contribution in [1.82, 2.24) is 0 Å². The molecule has 0 saturated heterocycles. The summed E-state index contributed by atoms with van der Waals surface area (Å²) in [4.78, 5) is 43.5. The van der Waals surface area contributed by atoms with E-state index in [9.17, 15) is 35.1 Å². The Labute approximate surface area is 168 Å².